The molecule has 2 aromatic heterocycles. The van der Waals surface area contributed by atoms with Crippen LogP contribution in [-0.2, 0) is 6.54 Å². The van der Waals surface area contributed by atoms with Gasteiger partial charge in [-0.15, -0.1) is 23.7 Å². The minimum absolute atomic E-state index is 0. The van der Waals surface area contributed by atoms with Gasteiger partial charge in [0.2, 0.25) is 0 Å². The quantitative estimate of drug-likeness (QED) is 0.711. The molecule has 1 aliphatic heterocycles. The highest BCUT2D eigenvalue weighted by molar-refractivity contribution is 7.15. The molecule has 4 rings (SSSR count). The maximum atomic E-state index is 13.5. The normalized spacial score (nSPS) is 17.7. The molecular weight excluding hydrogens is 369 g/mol. The van der Waals surface area contributed by atoms with Gasteiger partial charge in [-0.25, -0.2) is 4.39 Å². The third kappa shape index (κ3) is 4.30. The lowest BCUT2D eigenvalue weighted by molar-refractivity contribution is 0.155. The topological polar surface area (TPSA) is 28.2 Å². The maximum absolute atomic E-state index is 13.5. The Labute approximate surface area is 163 Å². The summed E-state index contributed by atoms with van der Waals surface area (Å²) in [6, 6.07) is 15.5. The number of halogens is 2. The van der Waals surface area contributed by atoms with E-state index in [1.807, 2.05) is 24.5 Å². The number of thiophene rings is 1. The minimum Gasteiger partial charge on any atom is -0.314 e. The van der Waals surface area contributed by atoms with E-state index in [2.05, 4.69) is 33.4 Å². The molecule has 136 valence electrons. The molecule has 0 aliphatic carbocycles. The molecule has 3 aromatic rings. The molecule has 0 spiro atoms. The summed E-state index contributed by atoms with van der Waals surface area (Å²) in [5, 5.41) is 3.48. The van der Waals surface area contributed by atoms with E-state index in [1.54, 1.807) is 23.5 Å². The molecular formula is C20H21ClFN3S. The summed E-state index contributed by atoms with van der Waals surface area (Å²) in [5.74, 6) is -0.189. The summed E-state index contributed by atoms with van der Waals surface area (Å²) >= 11 is 1.74. The first-order valence-electron chi connectivity index (χ1n) is 8.49. The van der Waals surface area contributed by atoms with Gasteiger partial charge in [-0.3, -0.25) is 9.88 Å². The SMILES string of the molecule is Cl.Fc1cccc(-c2ccc(CN3CCNCC3c3cccnc3)s2)c1. The molecule has 26 heavy (non-hydrogen) atoms. The van der Waals surface area contributed by atoms with Crippen LogP contribution in [0.2, 0.25) is 0 Å². The molecule has 3 nitrogen and oxygen atoms in total. The van der Waals surface area contributed by atoms with Crippen LogP contribution >= 0.6 is 23.7 Å². The van der Waals surface area contributed by atoms with Crippen molar-refractivity contribution < 1.29 is 4.39 Å². The van der Waals surface area contributed by atoms with Gasteiger partial charge >= 0.3 is 0 Å². The average molecular weight is 390 g/mol. The van der Waals surface area contributed by atoms with Crippen LogP contribution in [0.3, 0.4) is 0 Å². The number of aromatic nitrogens is 1. The van der Waals surface area contributed by atoms with E-state index < -0.39 is 0 Å². The van der Waals surface area contributed by atoms with Crippen LogP contribution in [0, 0.1) is 5.82 Å². The first-order chi connectivity index (χ1) is 12.3. The second-order valence-electron chi connectivity index (χ2n) is 6.25. The zero-order chi connectivity index (χ0) is 17.1. The lowest BCUT2D eigenvalue weighted by Crippen LogP contribution is -2.45. The molecule has 0 bridgehead atoms. The summed E-state index contributed by atoms with van der Waals surface area (Å²) in [6.07, 6.45) is 3.77. The number of benzene rings is 1. The van der Waals surface area contributed by atoms with Gasteiger partial charge in [0.15, 0.2) is 0 Å². The van der Waals surface area contributed by atoms with Crippen molar-refractivity contribution in [3.63, 3.8) is 0 Å². The van der Waals surface area contributed by atoms with Crippen LogP contribution in [-0.4, -0.2) is 29.5 Å². The second-order valence-corrected chi connectivity index (χ2v) is 7.42. The molecule has 6 heteroatoms. The van der Waals surface area contributed by atoms with Gasteiger partial charge in [0.05, 0.1) is 0 Å². The fourth-order valence-corrected chi connectivity index (χ4v) is 4.33. The number of nitrogens with zero attached hydrogens (tertiary/aromatic N) is 2. The fraction of sp³-hybridized carbons (Fsp3) is 0.250. The second kappa shape index (κ2) is 8.73. The highest BCUT2D eigenvalue weighted by Crippen LogP contribution is 2.31. The third-order valence-electron chi connectivity index (χ3n) is 4.55. The minimum atomic E-state index is -0.189. The van der Waals surface area contributed by atoms with Crippen LogP contribution in [0.5, 0.6) is 0 Å². The summed E-state index contributed by atoms with van der Waals surface area (Å²) in [4.78, 5) is 9.18. The van der Waals surface area contributed by atoms with E-state index in [9.17, 15) is 4.39 Å². The molecule has 1 N–H and O–H groups in total. The first-order valence-corrected chi connectivity index (χ1v) is 9.30. The van der Waals surface area contributed by atoms with Crippen molar-refractivity contribution in [3.8, 4) is 10.4 Å². The number of nitrogens with one attached hydrogen (secondary N) is 1. The predicted octanol–water partition coefficient (Wildman–Crippen LogP) is 4.52. The molecule has 1 fully saturated rings. The molecule has 1 atom stereocenters. The Kier molecular flexibility index (Phi) is 6.38. The third-order valence-corrected chi connectivity index (χ3v) is 5.67. The lowest BCUT2D eigenvalue weighted by Gasteiger charge is -2.36. The van der Waals surface area contributed by atoms with Crippen molar-refractivity contribution in [2.75, 3.05) is 19.6 Å². The van der Waals surface area contributed by atoms with Crippen LogP contribution in [0.15, 0.2) is 60.9 Å². The highest BCUT2D eigenvalue weighted by Gasteiger charge is 2.24. The maximum Gasteiger partial charge on any atom is 0.123 e. The van der Waals surface area contributed by atoms with E-state index in [4.69, 9.17) is 0 Å². The largest absolute Gasteiger partial charge is 0.314 e. The Morgan fingerprint density at radius 3 is 2.92 bits per heavy atom. The Bertz CT molecular complexity index is 840. The van der Waals surface area contributed by atoms with Crippen LogP contribution in [0.25, 0.3) is 10.4 Å². The Balaban J connectivity index is 0.00000196. The van der Waals surface area contributed by atoms with Gasteiger partial charge in [0, 0.05) is 54.4 Å². The van der Waals surface area contributed by atoms with Gasteiger partial charge in [-0.2, -0.15) is 0 Å². The van der Waals surface area contributed by atoms with Crippen molar-refractivity contribution >= 4 is 23.7 Å². The van der Waals surface area contributed by atoms with E-state index in [0.717, 1.165) is 36.6 Å². The molecule has 0 radical (unpaired) electrons. The Morgan fingerprint density at radius 1 is 1.19 bits per heavy atom. The summed E-state index contributed by atoms with van der Waals surface area (Å²) in [6.45, 7) is 3.85. The zero-order valence-electron chi connectivity index (χ0n) is 14.3. The number of rotatable bonds is 4. The molecule has 1 unspecified atom stereocenters. The lowest BCUT2D eigenvalue weighted by atomic mass is 10.1. The van der Waals surface area contributed by atoms with Gasteiger partial charge in [-0.05, 0) is 41.5 Å². The van der Waals surface area contributed by atoms with Crippen molar-refractivity contribution in [1.29, 1.82) is 0 Å². The van der Waals surface area contributed by atoms with Gasteiger partial charge < -0.3 is 5.32 Å². The molecule has 1 aliphatic rings. The molecule has 0 saturated carbocycles. The smallest absolute Gasteiger partial charge is 0.123 e. The van der Waals surface area contributed by atoms with Crippen LogP contribution in [0.1, 0.15) is 16.5 Å². The first kappa shape index (κ1) is 19.0. The number of hydrogen-bond acceptors (Lipinski definition) is 4. The van der Waals surface area contributed by atoms with Crippen LogP contribution < -0.4 is 5.32 Å². The highest BCUT2D eigenvalue weighted by atomic mass is 35.5. The average Bonchev–Trinajstić information content (AvgIpc) is 3.12. The molecule has 1 aromatic carbocycles. The summed E-state index contributed by atoms with van der Waals surface area (Å²) in [7, 11) is 0. The summed E-state index contributed by atoms with van der Waals surface area (Å²) in [5.41, 5.74) is 2.19. The Morgan fingerprint density at radius 2 is 2.12 bits per heavy atom. The predicted molar refractivity (Wildman–Crippen MR) is 107 cm³/mol. The number of piperazine rings is 1. The Hall–Kier alpha value is -1.79. The standard InChI is InChI=1S/C20H20FN3S.ClH/c21-17-5-1-3-15(11-17)20-7-6-18(25-20)14-24-10-9-23-13-19(24)16-4-2-8-22-12-16;/h1-8,11-12,19,23H,9-10,13-14H2;1H. The van der Waals surface area contributed by atoms with Crippen molar-refractivity contribution in [1.82, 2.24) is 15.2 Å². The van der Waals surface area contributed by atoms with Gasteiger partial charge in [0.25, 0.3) is 0 Å². The summed E-state index contributed by atoms with van der Waals surface area (Å²) < 4.78 is 13.5. The van der Waals surface area contributed by atoms with Crippen LogP contribution in [0.4, 0.5) is 4.39 Å². The van der Waals surface area contributed by atoms with Crippen molar-refractivity contribution in [2.24, 2.45) is 0 Å². The van der Waals surface area contributed by atoms with E-state index in [1.165, 1.54) is 16.5 Å². The number of hydrogen-bond donors (Lipinski definition) is 1. The fourth-order valence-electron chi connectivity index (χ4n) is 3.30. The molecule has 1 saturated heterocycles. The van der Waals surface area contributed by atoms with E-state index in [0.29, 0.717) is 6.04 Å². The van der Waals surface area contributed by atoms with Gasteiger partial charge in [-0.1, -0.05) is 18.2 Å². The molecule has 3 heterocycles. The zero-order valence-corrected chi connectivity index (χ0v) is 15.9. The van der Waals surface area contributed by atoms with E-state index in [-0.39, 0.29) is 18.2 Å². The van der Waals surface area contributed by atoms with Gasteiger partial charge in [0.1, 0.15) is 5.82 Å². The molecule has 0 amide bonds. The van der Waals surface area contributed by atoms with E-state index >= 15 is 0 Å². The monoisotopic (exact) mass is 389 g/mol. The van der Waals surface area contributed by atoms with Crippen molar-refractivity contribution in [2.45, 2.75) is 12.6 Å². The van der Waals surface area contributed by atoms with Crippen molar-refractivity contribution in [3.05, 3.63) is 77.2 Å². The number of pyridine rings is 1.